The molecule has 1 aliphatic rings. The van der Waals surface area contributed by atoms with Gasteiger partial charge in [-0.25, -0.2) is 0 Å². The summed E-state index contributed by atoms with van der Waals surface area (Å²) in [4.78, 5) is 25.6. The highest BCUT2D eigenvalue weighted by molar-refractivity contribution is 8.00. The Balaban J connectivity index is 1.91. The number of aryl methyl sites for hydroxylation is 1. The first-order chi connectivity index (χ1) is 11.2. The van der Waals surface area contributed by atoms with E-state index in [4.69, 9.17) is 9.47 Å². The molecule has 2 rings (SSSR count). The van der Waals surface area contributed by atoms with Crippen LogP contribution in [0.1, 0.15) is 25.3 Å². The molecule has 126 valence electrons. The van der Waals surface area contributed by atoms with Crippen LogP contribution in [-0.4, -0.2) is 48.2 Å². The molecule has 0 saturated carbocycles. The number of esters is 1. The number of thioether (sulfide) groups is 1. The number of carbonyl (C=O) groups excluding carboxylic acids is 2. The van der Waals surface area contributed by atoms with Crippen LogP contribution in [0, 0.1) is 0 Å². The third-order valence-electron chi connectivity index (χ3n) is 3.76. The highest BCUT2D eigenvalue weighted by Crippen LogP contribution is 2.29. The number of methoxy groups -OCH3 is 1. The monoisotopic (exact) mass is 337 g/mol. The molecular formula is C17H23NO4S. The van der Waals surface area contributed by atoms with E-state index in [1.54, 1.807) is 30.7 Å². The first kappa shape index (κ1) is 17.7. The quantitative estimate of drug-likeness (QED) is 0.565. The van der Waals surface area contributed by atoms with E-state index in [2.05, 4.69) is 0 Å². The van der Waals surface area contributed by atoms with Gasteiger partial charge in [0.15, 0.2) is 0 Å². The first-order valence-electron chi connectivity index (χ1n) is 7.84. The summed E-state index contributed by atoms with van der Waals surface area (Å²) in [6.07, 6.45) is 1.52. The van der Waals surface area contributed by atoms with E-state index < -0.39 is 5.97 Å². The predicted molar refractivity (Wildman–Crippen MR) is 90.5 cm³/mol. The van der Waals surface area contributed by atoms with Crippen molar-refractivity contribution in [2.24, 2.45) is 0 Å². The van der Waals surface area contributed by atoms with Crippen LogP contribution in [0.5, 0.6) is 5.75 Å². The van der Waals surface area contributed by atoms with Gasteiger partial charge in [-0.05, 0) is 31.4 Å². The number of ether oxygens (including phenoxy) is 2. The van der Waals surface area contributed by atoms with E-state index in [0.717, 1.165) is 29.9 Å². The van der Waals surface area contributed by atoms with Crippen molar-refractivity contribution >= 4 is 23.6 Å². The molecule has 1 amide bonds. The van der Waals surface area contributed by atoms with Crippen molar-refractivity contribution in [2.45, 2.75) is 31.6 Å². The molecular weight excluding hydrogens is 314 g/mol. The zero-order valence-corrected chi connectivity index (χ0v) is 14.4. The second-order valence-electron chi connectivity index (χ2n) is 5.24. The molecule has 23 heavy (non-hydrogen) atoms. The van der Waals surface area contributed by atoms with E-state index in [1.165, 1.54) is 0 Å². The lowest BCUT2D eigenvalue weighted by Gasteiger charge is -2.23. The number of benzene rings is 1. The summed E-state index contributed by atoms with van der Waals surface area (Å²) in [7, 11) is 1.67. The maximum Gasteiger partial charge on any atom is 0.315 e. The van der Waals surface area contributed by atoms with E-state index in [1.807, 2.05) is 24.3 Å². The Morgan fingerprint density at radius 3 is 2.87 bits per heavy atom. The average molecular weight is 337 g/mol. The molecule has 1 fully saturated rings. The molecule has 1 saturated heterocycles. The third-order valence-corrected chi connectivity index (χ3v) is 5.06. The summed E-state index contributed by atoms with van der Waals surface area (Å²) >= 11 is 1.76. The molecule has 0 radical (unpaired) electrons. The van der Waals surface area contributed by atoms with Gasteiger partial charge in [0.05, 0.1) is 19.1 Å². The third kappa shape index (κ3) is 4.89. The maximum absolute atomic E-state index is 12.3. The summed E-state index contributed by atoms with van der Waals surface area (Å²) in [6, 6.07) is 7.93. The van der Waals surface area contributed by atoms with Crippen molar-refractivity contribution in [3.8, 4) is 5.75 Å². The fraction of sp³-hybridized carbons (Fsp3) is 0.529. The number of rotatable bonds is 7. The fourth-order valence-electron chi connectivity index (χ4n) is 2.67. The molecule has 5 nitrogen and oxygen atoms in total. The minimum atomic E-state index is -0.446. The van der Waals surface area contributed by atoms with Gasteiger partial charge >= 0.3 is 5.97 Å². The normalized spacial score (nSPS) is 17.1. The minimum absolute atomic E-state index is 0.113. The van der Waals surface area contributed by atoms with Crippen molar-refractivity contribution in [1.82, 2.24) is 4.90 Å². The van der Waals surface area contributed by atoms with Crippen LogP contribution in [0.15, 0.2) is 24.3 Å². The molecule has 0 aromatic heterocycles. The van der Waals surface area contributed by atoms with Gasteiger partial charge in [0.25, 0.3) is 0 Å². The Kier molecular flexibility index (Phi) is 6.77. The molecule has 1 heterocycles. The Morgan fingerprint density at radius 2 is 2.13 bits per heavy atom. The molecule has 1 aromatic carbocycles. The van der Waals surface area contributed by atoms with E-state index in [0.29, 0.717) is 13.2 Å². The van der Waals surface area contributed by atoms with Crippen LogP contribution in [0.4, 0.5) is 0 Å². The minimum Gasteiger partial charge on any atom is -0.496 e. The Morgan fingerprint density at radius 1 is 1.35 bits per heavy atom. The molecule has 0 unspecified atom stereocenters. The van der Waals surface area contributed by atoms with Crippen LogP contribution < -0.4 is 4.74 Å². The van der Waals surface area contributed by atoms with Gasteiger partial charge in [-0.3, -0.25) is 9.59 Å². The van der Waals surface area contributed by atoms with Crippen molar-refractivity contribution in [3.05, 3.63) is 29.8 Å². The second-order valence-corrected chi connectivity index (χ2v) is 6.53. The smallest absolute Gasteiger partial charge is 0.315 e. The van der Waals surface area contributed by atoms with Gasteiger partial charge in [-0.1, -0.05) is 18.2 Å². The SMILES string of the molecule is CCOC(=O)CC(=O)N1CCS[C@@H]1CCc1ccccc1OC. The molecule has 0 aliphatic carbocycles. The summed E-state index contributed by atoms with van der Waals surface area (Å²) in [5, 5.41) is 0.113. The summed E-state index contributed by atoms with van der Waals surface area (Å²) in [5.74, 6) is 1.20. The largest absolute Gasteiger partial charge is 0.496 e. The number of hydrogen-bond donors (Lipinski definition) is 0. The summed E-state index contributed by atoms with van der Waals surface area (Å²) in [5.41, 5.74) is 1.14. The number of carbonyl (C=O) groups is 2. The molecule has 0 spiro atoms. The lowest BCUT2D eigenvalue weighted by molar-refractivity contribution is -0.148. The van der Waals surface area contributed by atoms with Crippen LogP contribution in [0.25, 0.3) is 0 Å². The van der Waals surface area contributed by atoms with Crippen LogP contribution in [-0.2, 0) is 20.7 Å². The van der Waals surface area contributed by atoms with Crippen LogP contribution >= 0.6 is 11.8 Å². The zero-order valence-electron chi connectivity index (χ0n) is 13.6. The lowest BCUT2D eigenvalue weighted by atomic mass is 10.1. The van der Waals surface area contributed by atoms with Gasteiger partial charge in [0.2, 0.25) is 5.91 Å². The van der Waals surface area contributed by atoms with Gasteiger partial charge < -0.3 is 14.4 Å². The summed E-state index contributed by atoms with van der Waals surface area (Å²) in [6.45, 7) is 2.74. The first-order valence-corrected chi connectivity index (χ1v) is 8.89. The molecule has 1 aliphatic heterocycles. The number of amides is 1. The van der Waals surface area contributed by atoms with Crippen molar-refractivity contribution < 1.29 is 19.1 Å². The maximum atomic E-state index is 12.3. The van der Waals surface area contributed by atoms with Gasteiger partial charge in [-0.15, -0.1) is 11.8 Å². The highest BCUT2D eigenvalue weighted by atomic mass is 32.2. The molecule has 1 atom stereocenters. The van der Waals surface area contributed by atoms with Gasteiger partial charge in [-0.2, -0.15) is 0 Å². The Bertz CT molecular complexity index is 549. The topological polar surface area (TPSA) is 55.8 Å². The number of para-hydroxylation sites is 1. The second kappa shape index (κ2) is 8.82. The van der Waals surface area contributed by atoms with E-state index >= 15 is 0 Å². The van der Waals surface area contributed by atoms with Gasteiger partial charge in [0, 0.05) is 12.3 Å². The van der Waals surface area contributed by atoms with Crippen LogP contribution in [0.2, 0.25) is 0 Å². The number of nitrogens with zero attached hydrogens (tertiary/aromatic N) is 1. The predicted octanol–water partition coefficient (Wildman–Crippen LogP) is 2.48. The highest BCUT2D eigenvalue weighted by Gasteiger charge is 2.30. The fourth-order valence-corrected chi connectivity index (χ4v) is 3.93. The van der Waals surface area contributed by atoms with Crippen molar-refractivity contribution in [2.75, 3.05) is 26.0 Å². The summed E-state index contributed by atoms with van der Waals surface area (Å²) < 4.78 is 10.2. The molecule has 0 N–H and O–H groups in total. The number of hydrogen-bond acceptors (Lipinski definition) is 5. The Labute approximate surface area is 141 Å². The van der Waals surface area contributed by atoms with Gasteiger partial charge in [0.1, 0.15) is 12.2 Å². The molecule has 0 bridgehead atoms. The van der Waals surface area contributed by atoms with Crippen LogP contribution in [0.3, 0.4) is 0 Å². The average Bonchev–Trinajstić information content (AvgIpc) is 3.02. The lowest BCUT2D eigenvalue weighted by Crippen LogP contribution is -2.36. The zero-order chi connectivity index (χ0) is 16.7. The Hall–Kier alpha value is -1.69. The molecule has 1 aromatic rings. The van der Waals surface area contributed by atoms with Crippen molar-refractivity contribution in [3.63, 3.8) is 0 Å². The van der Waals surface area contributed by atoms with E-state index in [9.17, 15) is 9.59 Å². The standard InChI is InChI=1S/C17H23NO4S/c1-3-22-17(20)12-15(19)18-10-11-23-16(18)9-8-13-6-4-5-7-14(13)21-2/h4-7,16H,3,8-12H2,1-2H3/t16-/m1/s1. The van der Waals surface area contributed by atoms with E-state index in [-0.39, 0.29) is 17.7 Å². The van der Waals surface area contributed by atoms with Crippen molar-refractivity contribution in [1.29, 1.82) is 0 Å². The molecule has 6 heteroatoms.